The highest BCUT2D eigenvalue weighted by molar-refractivity contribution is 5.28. The summed E-state index contributed by atoms with van der Waals surface area (Å²) in [4.78, 5) is 0. The summed E-state index contributed by atoms with van der Waals surface area (Å²) in [6.45, 7) is 14.4. The van der Waals surface area contributed by atoms with Crippen molar-refractivity contribution in [1.29, 1.82) is 0 Å². The molecule has 0 fully saturated rings. The van der Waals surface area contributed by atoms with Crippen molar-refractivity contribution in [3.8, 4) is 0 Å². The molecule has 1 heterocycles. The van der Waals surface area contributed by atoms with Gasteiger partial charge in [-0.15, -0.1) is 0 Å². The molecule has 2 nitrogen and oxygen atoms in total. The number of rotatable bonds is 1. The van der Waals surface area contributed by atoms with E-state index in [1.54, 1.807) is 0 Å². The molecule has 1 aliphatic rings. The van der Waals surface area contributed by atoms with Crippen LogP contribution in [0.15, 0.2) is 10.5 Å². The molecule has 0 aromatic carbocycles. The average Bonchev–Trinajstić information content (AvgIpc) is 2.78. The van der Waals surface area contributed by atoms with Crippen LogP contribution in [0.4, 0.5) is 0 Å². The van der Waals surface area contributed by atoms with E-state index >= 15 is 0 Å². The van der Waals surface area contributed by atoms with E-state index in [0.29, 0.717) is 11.8 Å². The van der Waals surface area contributed by atoms with Crippen LogP contribution in [0.2, 0.25) is 0 Å². The molecule has 0 bridgehead atoms. The summed E-state index contributed by atoms with van der Waals surface area (Å²) in [6.07, 6.45) is 1.52. The van der Waals surface area contributed by atoms with Crippen molar-refractivity contribution in [2.24, 2.45) is 5.92 Å². The van der Waals surface area contributed by atoms with Gasteiger partial charge in [-0.05, 0) is 18.4 Å². The zero-order chi connectivity index (χ0) is 14.3. The summed E-state index contributed by atoms with van der Waals surface area (Å²) in [6, 6.07) is 2.02. The fraction of sp³-hybridized carbons (Fsp3) is 0.750. The number of hydrogen-bond acceptors (Lipinski definition) is 2. The van der Waals surface area contributed by atoms with Gasteiger partial charge in [-0.2, -0.15) is 0 Å². The zero-order valence-electron chi connectivity index (χ0n) is 13.1. The van der Waals surface area contributed by atoms with Crippen LogP contribution in [0, 0.1) is 5.92 Å². The standard InChI is InChI=1S/C12H18O2.2C2H6/c1-7(2)11-6-9-10(13)4-8(3)5-12(9)14-11;2*1-2/h6-8,10,13H,4-5H2,1-3H3;2*1-2H3. The lowest BCUT2D eigenvalue weighted by atomic mass is 9.87. The number of fused-ring (bicyclic) bond motifs is 1. The van der Waals surface area contributed by atoms with Crippen LogP contribution in [0.1, 0.15) is 84.0 Å². The maximum Gasteiger partial charge on any atom is 0.110 e. The minimum absolute atomic E-state index is 0.315. The van der Waals surface area contributed by atoms with Gasteiger partial charge in [-0.1, -0.05) is 48.5 Å². The summed E-state index contributed by atoms with van der Waals surface area (Å²) in [5, 5.41) is 9.87. The van der Waals surface area contributed by atoms with E-state index in [2.05, 4.69) is 20.8 Å². The molecule has 106 valence electrons. The third-order valence-corrected chi connectivity index (χ3v) is 2.95. The van der Waals surface area contributed by atoms with Gasteiger partial charge in [0.15, 0.2) is 0 Å². The summed E-state index contributed by atoms with van der Waals surface area (Å²) in [7, 11) is 0. The maximum atomic E-state index is 9.87. The predicted molar refractivity (Wildman–Crippen MR) is 77.9 cm³/mol. The molecule has 1 N–H and O–H groups in total. The number of aliphatic hydroxyl groups excluding tert-OH is 1. The van der Waals surface area contributed by atoms with Crippen molar-refractivity contribution in [2.75, 3.05) is 0 Å². The Labute approximate surface area is 112 Å². The monoisotopic (exact) mass is 254 g/mol. The third-order valence-electron chi connectivity index (χ3n) is 2.95. The summed E-state index contributed by atoms with van der Waals surface area (Å²) in [5.41, 5.74) is 1.02. The predicted octanol–water partition coefficient (Wildman–Crippen LogP) is 5.07. The molecule has 0 saturated carbocycles. The number of aliphatic hydroxyl groups is 1. The van der Waals surface area contributed by atoms with Crippen LogP contribution in [0.25, 0.3) is 0 Å². The van der Waals surface area contributed by atoms with E-state index < -0.39 is 0 Å². The summed E-state index contributed by atoms with van der Waals surface area (Å²) in [5.74, 6) is 2.94. The Morgan fingerprint density at radius 2 is 1.78 bits per heavy atom. The van der Waals surface area contributed by atoms with Crippen LogP contribution in [-0.4, -0.2) is 5.11 Å². The third kappa shape index (κ3) is 4.16. The Morgan fingerprint density at radius 3 is 2.28 bits per heavy atom. The molecule has 1 aromatic rings. The van der Waals surface area contributed by atoms with Crippen molar-refractivity contribution in [2.45, 2.75) is 73.3 Å². The second-order valence-electron chi connectivity index (χ2n) is 4.74. The van der Waals surface area contributed by atoms with Gasteiger partial charge in [0.25, 0.3) is 0 Å². The first-order valence-electron chi connectivity index (χ1n) is 7.38. The molecular formula is C16H30O2. The van der Waals surface area contributed by atoms with Crippen LogP contribution in [-0.2, 0) is 6.42 Å². The second kappa shape index (κ2) is 8.36. The molecule has 0 spiro atoms. The fourth-order valence-corrected chi connectivity index (χ4v) is 2.10. The number of furan rings is 1. The van der Waals surface area contributed by atoms with E-state index in [1.807, 2.05) is 33.8 Å². The number of hydrogen-bond donors (Lipinski definition) is 1. The Kier molecular flexibility index (Phi) is 8.01. The molecule has 2 unspecified atom stereocenters. The molecule has 0 radical (unpaired) electrons. The molecule has 1 aliphatic carbocycles. The highest BCUT2D eigenvalue weighted by atomic mass is 16.3. The molecular weight excluding hydrogens is 224 g/mol. The van der Waals surface area contributed by atoms with Gasteiger partial charge in [0, 0.05) is 17.9 Å². The smallest absolute Gasteiger partial charge is 0.110 e. The Morgan fingerprint density at radius 1 is 1.22 bits per heavy atom. The normalized spacial score (nSPS) is 21.4. The molecule has 2 heteroatoms. The van der Waals surface area contributed by atoms with E-state index in [4.69, 9.17) is 4.42 Å². The van der Waals surface area contributed by atoms with Gasteiger partial charge in [-0.25, -0.2) is 0 Å². The van der Waals surface area contributed by atoms with Gasteiger partial charge in [0.2, 0.25) is 0 Å². The van der Waals surface area contributed by atoms with Gasteiger partial charge >= 0.3 is 0 Å². The first-order valence-corrected chi connectivity index (χ1v) is 7.38. The Bertz CT molecular complexity index is 326. The minimum atomic E-state index is -0.315. The molecule has 18 heavy (non-hydrogen) atoms. The van der Waals surface area contributed by atoms with Crippen LogP contribution >= 0.6 is 0 Å². The first-order chi connectivity index (χ1) is 8.58. The molecule has 2 rings (SSSR count). The van der Waals surface area contributed by atoms with E-state index in [-0.39, 0.29) is 6.10 Å². The largest absolute Gasteiger partial charge is 0.465 e. The van der Waals surface area contributed by atoms with Crippen LogP contribution in [0.5, 0.6) is 0 Å². The Hall–Kier alpha value is -0.760. The molecule has 1 aromatic heterocycles. The average molecular weight is 254 g/mol. The fourth-order valence-electron chi connectivity index (χ4n) is 2.10. The van der Waals surface area contributed by atoms with Crippen LogP contribution < -0.4 is 0 Å². The lowest BCUT2D eigenvalue weighted by molar-refractivity contribution is 0.131. The summed E-state index contributed by atoms with van der Waals surface area (Å²) >= 11 is 0. The minimum Gasteiger partial charge on any atom is -0.465 e. The van der Waals surface area contributed by atoms with Crippen LogP contribution in [0.3, 0.4) is 0 Å². The molecule has 0 amide bonds. The molecule has 2 atom stereocenters. The highest BCUT2D eigenvalue weighted by Crippen LogP contribution is 2.36. The van der Waals surface area contributed by atoms with Crippen molar-refractivity contribution < 1.29 is 9.52 Å². The highest BCUT2D eigenvalue weighted by Gasteiger charge is 2.27. The van der Waals surface area contributed by atoms with Gasteiger partial charge in [-0.3, -0.25) is 0 Å². The van der Waals surface area contributed by atoms with Gasteiger partial charge in [0.1, 0.15) is 11.5 Å². The Balaban J connectivity index is 0.000000659. The maximum absolute atomic E-state index is 9.87. The topological polar surface area (TPSA) is 33.4 Å². The van der Waals surface area contributed by atoms with Gasteiger partial charge < -0.3 is 9.52 Å². The van der Waals surface area contributed by atoms with E-state index in [1.165, 1.54) is 0 Å². The molecule has 0 saturated heterocycles. The lowest BCUT2D eigenvalue weighted by Crippen LogP contribution is -2.14. The zero-order valence-corrected chi connectivity index (χ0v) is 13.1. The molecule has 0 aliphatic heterocycles. The van der Waals surface area contributed by atoms with E-state index in [0.717, 1.165) is 29.9 Å². The SMILES string of the molecule is CC.CC.CC1Cc2oc(C(C)C)cc2C(O)C1. The van der Waals surface area contributed by atoms with Crippen molar-refractivity contribution in [1.82, 2.24) is 0 Å². The van der Waals surface area contributed by atoms with E-state index in [9.17, 15) is 5.11 Å². The van der Waals surface area contributed by atoms with Crippen molar-refractivity contribution in [3.63, 3.8) is 0 Å². The van der Waals surface area contributed by atoms with Crippen molar-refractivity contribution in [3.05, 3.63) is 23.2 Å². The lowest BCUT2D eigenvalue weighted by Gasteiger charge is -2.21. The quantitative estimate of drug-likeness (QED) is 0.759. The van der Waals surface area contributed by atoms with Gasteiger partial charge in [0.05, 0.1) is 6.10 Å². The first kappa shape index (κ1) is 17.2. The second-order valence-corrected chi connectivity index (χ2v) is 4.74. The van der Waals surface area contributed by atoms with Crippen molar-refractivity contribution >= 4 is 0 Å². The summed E-state index contributed by atoms with van der Waals surface area (Å²) < 4.78 is 5.75.